The summed E-state index contributed by atoms with van der Waals surface area (Å²) in [6, 6.07) is 12.3. The van der Waals surface area contributed by atoms with Crippen LogP contribution in [0.4, 0.5) is 10.1 Å². The maximum Gasteiger partial charge on any atom is 0.165 e. The van der Waals surface area contributed by atoms with Crippen LogP contribution in [0, 0.1) is 5.82 Å². The Hall–Kier alpha value is -2.23. The van der Waals surface area contributed by atoms with Crippen LogP contribution in [-0.2, 0) is 6.54 Å². The molecule has 0 fully saturated rings. The first-order valence-corrected chi connectivity index (χ1v) is 6.18. The maximum atomic E-state index is 13.3. The highest BCUT2D eigenvalue weighted by Gasteiger charge is 2.17. The van der Waals surface area contributed by atoms with Crippen molar-refractivity contribution in [2.45, 2.75) is 6.54 Å². The van der Waals surface area contributed by atoms with Gasteiger partial charge in [0.1, 0.15) is 12.4 Å². The number of aromatic hydroxyl groups is 1. The molecule has 1 aliphatic rings. The maximum absolute atomic E-state index is 13.3. The molecule has 1 N–H and O–H groups in total. The van der Waals surface area contributed by atoms with Gasteiger partial charge in [-0.2, -0.15) is 0 Å². The lowest BCUT2D eigenvalue weighted by Gasteiger charge is -2.31. The van der Waals surface area contributed by atoms with Crippen molar-refractivity contribution < 1.29 is 14.2 Å². The van der Waals surface area contributed by atoms with Crippen LogP contribution in [0.5, 0.6) is 11.5 Å². The number of ether oxygens (including phenoxy) is 1. The standard InChI is InChI=1S/C15H14FNO2/c16-12-9-11(5-6-14(12)18)10-17-7-8-19-15-4-2-1-3-13(15)17/h1-6,9,18H,7-8,10H2. The quantitative estimate of drug-likeness (QED) is 0.900. The predicted molar refractivity (Wildman–Crippen MR) is 71.1 cm³/mol. The van der Waals surface area contributed by atoms with Crippen LogP contribution in [0.3, 0.4) is 0 Å². The zero-order chi connectivity index (χ0) is 13.2. The smallest absolute Gasteiger partial charge is 0.165 e. The predicted octanol–water partition coefficient (Wildman–Crippen LogP) is 2.93. The van der Waals surface area contributed by atoms with Crippen LogP contribution in [0.2, 0.25) is 0 Å². The largest absolute Gasteiger partial charge is 0.505 e. The lowest BCUT2D eigenvalue weighted by Crippen LogP contribution is -2.32. The molecule has 4 heteroatoms. The lowest BCUT2D eigenvalue weighted by molar-refractivity contribution is 0.307. The summed E-state index contributed by atoms with van der Waals surface area (Å²) in [4.78, 5) is 2.14. The molecule has 2 aromatic rings. The average Bonchev–Trinajstić information content (AvgIpc) is 2.43. The Kier molecular flexibility index (Phi) is 2.99. The summed E-state index contributed by atoms with van der Waals surface area (Å²) in [6.07, 6.45) is 0. The first-order valence-electron chi connectivity index (χ1n) is 6.18. The van der Waals surface area contributed by atoms with Crippen molar-refractivity contribution in [2.24, 2.45) is 0 Å². The van der Waals surface area contributed by atoms with E-state index in [1.54, 1.807) is 6.07 Å². The van der Waals surface area contributed by atoms with Crippen molar-refractivity contribution in [3.05, 3.63) is 53.8 Å². The number of para-hydroxylation sites is 2. The number of anilines is 1. The minimum absolute atomic E-state index is 0.314. The second kappa shape index (κ2) is 4.80. The number of hydrogen-bond acceptors (Lipinski definition) is 3. The van der Waals surface area contributed by atoms with E-state index in [9.17, 15) is 9.50 Å². The van der Waals surface area contributed by atoms with Crippen LogP contribution >= 0.6 is 0 Å². The van der Waals surface area contributed by atoms with E-state index < -0.39 is 5.82 Å². The Morgan fingerprint density at radius 3 is 2.89 bits per heavy atom. The number of halogens is 1. The third-order valence-electron chi connectivity index (χ3n) is 3.21. The Morgan fingerprint density at radius 2 is 2.05 bits per heavy atom. The van der Waals surface area contributed by atoms with Crippen molar-refractivity contribution in [1.82, 2.24) is 0 Å². The molecule has 3 nitrogen and oxygen atoms in total. The monoisotopic (exact) mass is 259 g/mol. The molecule has 0 amide bonds. The average molecular weight is 259 g/mol. The van der Waals surface area contributed by atoms with Gasteiger partial charge in [-0.1, -0.05) is 18.2 Å². The van der Waals surface area contributed by atoms with Crippen molar-refractivity contribution in [1.29, 1.82) is 0 Å². The second-order valence-corrected chi connectivity index (χ2v) is 4.52. The summed E-state index contributed by atoms with van der Waals surface area (Å²) < 4.78 is 18.9. The van der Waals surface area contributed by atoms with E-state index in [1.165, 1.54) is 12.1 Å². The summed E-state index contributed by atoms with van der Waals surface area (Å²) in [5.74, 6) is -0.0434. The van der Waals surface area contributed by atoms with Crippen LogP contribution in [0.15, 0.2) is 42.5 Å². The van der Waals surface area contributed by atoms with Crippen molar-refractivity contribution in [3.63, 3.8) is 0 Å². The van der Waals surface area contributed by atoms with Crippen LogP contribution < -0.4 is 9.64 Å². The fourth-order valence-electron chi connectivity index (χ4n) is 2.26. The fourth-order valence-corrected chi connectivity index (χ4v) is 2.26. The molecule has 1 heterocycles. The molecule has 2 aromatic carbocycles. The van der Waals surface area contributed by atoms with E-state index in [4.69, 9.17) is 4.74 Å². The molecule has 0 bridgehead atoms. The topological polar surface area (TPSA) is 32.7 Å². The van der Waals surface area contributed by atoms with Gasteiger partial charge in [0.2, 0.25) is 0 Å². The van der Waals surface area contributed by atoms with Crippen molar-refractivity contribution in [3.8, 4) is 11.5 Å². The van der Waals surface area contributed by atoms with Crippen LogP contribution in [0.1, 0.15) is 5.56 Å². The van der Waals surface area contributed by atoms with E-state index in [2.05, 4.69) is 4.90 Å². The molecule has 0 atom stereocenters. The molecule has 0 saturated heterocycles. The Labute approximate surface area is 110 Å². The van der Waals surface area contributed by atoms with E-state index in [-0.39, 0.29) is 5.75 Å². The zero-order valence-electron chi connectivity index (χ0n) is 10.3. The van der Waals surface area contributed by atoms with Crippen molar-refractivity contribution in [2.75, 3.05) is 18.1 Å². The highest BCUT2D eigenvalue weighted by Crippen LogP contribution is 2.32. The van der Waals surface area contributed by atoms with Gasteiger partial charge in [-0.05, 0) is 29.8 Å². The van der Waals surface area contributed by atoms with Crippen molar-refractivity contribution >= 4 is 5.69 Å². The number of benzene rings is 2. The van der Waals surface area contributed by atoms with E-state index in [1.807, 2.05) is 24.3 Å². The third-order valence-corrected chi connectivity index (χ3v) is 3.21. The van der Waals surface area contributed by atoms with Gasteiger partial charge in [0.15, 0.2) is 11.6 Å². The molecule has 1 aliphatic heterocycles. The Morgan fingerprint density at radius 1 is 1.21 bits per heavy atom. The highest BCUT2D eigenvalue weighted by atomic mass is 19.1. The van der Waals surface area contributed by atoms with E-state index in [0.717, 1.165) is 23.5 Å². The molecular formula is C15H14FNO2. The van der Waals surface area contributed by atoms with Gasteiger partial charge in [0.25, 0.3) is 0 Å². The molecule has 0 radical (unpaired) electrons. The normalized spacial score (nSPS) is 13.8. The van der Waals surface area contributed by atoms with Gasteiger partial charge in [0.05, 0.1) is 12.2 Å². The second-order valence-electron chi connectivity index (χ2n) is 4.52. The molecule has 98 valence electrons. The van der Waals surface area contributed by atoms with Gasteiger partial charge in [-0.15, -0.1) is 0 Å². The summed E-state index contributed by atoms with van der Waals surface area (Å²) in [5, 5.41) is 9.20. The zero-order valence-corrected chi connectivity index (χ0v) is 10.3. The number of phenolic OH excluding ortho intramolecular Hbond substituents is 1. The molecule has 0 saturated carbocycles. The summed E-state index contributed by atoms with van der Waals surface area (Å²) in [6.45, 7) is 1.98. The Balaban J connectivity index is 1.86. The Bertz CT molecular complexity index is 600. The number of phenols is 1. The first-order chi connectivity index (χ1) is 9.24. The summed E-state index contributed by atoms with van der Waals surface area (Å²) in [7, 11) is 0. The number of fused-ring (bicyclic) bond motifs is 1. The van der Waals surface area contributed by atoms with Gasteiger partial charge in [-0.25, -0.2) is 4.39 Å². The molecule has 19 heavy (non-hydrogen) atoms. The minimum atomic E-state index is -0.584. The lowest BCUT2D eigenvalue weighted by atomic mass is 10.1. The number of nitrogens with zero attached hydrogens (tertiary/aromatic N) is 1. The van der Waals surface area contributed by atoms with Gasteiger partial charge < -0.3 is 14.7 Å². The molecule has 0 aliphatic carbocycles. The molecule has 0 spiro atoms. The number of rotatable bonds is 2. The van der Waals surface area contributed by atoms with E-state index in [0.29, 0.717) is 13.2 Å². The molecule has 3 rings (SSSR count). The summed E-state index contributed by atoms with van der Waals surface area (Å²) >= 11 is 0. The van der Waals surface area contributed by atoms with Gasteiger partial charge in [0, 0.05) is 6.54 Å². The fraction of sp³-hybridized carbons (Fsp3) is 0.200. The van der Waals surface area contributed by atoms with Crippen LogP contribution in [-0.4, -0.2) is 18.3 Å². The first kappa shape index (κ1) is 11.8. The van der Waals surface area contributed by atoms with Gasteiger partial charge >= 0.3 is 0 Å². The van der Waals surface area contributed by atoms with Crippen LogP contribution in [0.25, 0.3) is 0 Å². The molecular weight excluding hydrogens is 245 g/mol. The van der Waals surface area contributed by atoms with E-state index >= 15 is 0 Å². The minimum Gasteiger partial charge on any atom is -0.505 e. The highest BCUT2D eigenvalue weighted by molar-refractivity contribution is 5.59. The SMILES string of the molecule is Oc1ccc(CN2CCOc3ccccc32)cc1F. The number of hydrogen-bond donors (Lipinski definition) is 1. The molecule has 0 aromatic heterocycles. The third kappa shape index (κ3) is 2.34. The van der Waals surface area contributed by atoms with Gasteiger partial charge in [-0.3, -0.25) is 0 Å². The summed E-state index contributed by atoms with van der Waals surface area (Å²) in [5.41, 5.74) is 1.84. The molecule has 0 unspecified atom stereocenters.